The Labute approximate surface area is 193 Å². The highest BCUT2D eigenvalue weighted by Crippen LogP contribution is 2.27. The number of rotatable bonds is 6. The van der Waals surface area contributed by atoms with E-state index in [1.54, 1.807) is 41.4 Å². The lowest BCUT2D eigenvalue weighted by Crippen LogP contribution is -2.31. The molecule has 1 N–H and O–H groups in total. The minimum absolute atomic E-state index is 0.183. The summed E-state index contributed by atoms with van der Waals surface area (Å²) >= 11 is 0. The number of benzene rings is 1. The van der Waals surface area contributed by atoms with Gasteiger partial charge in [0.05, 0.1) is 10.9 Å². The number of carbonyl (C=O) groups is 1. The van der Waals surface area contributed by atoms with Gasteiger partial charge in [0, 0.05) is 48.6 Å². The van der Waals surface area contributed by atoms with E-state index in [9.17, 15) is 13.2 Å². The quantitative estimate of drug-likeness (QED) is 0.588. The van der Waals surface area contributed by atoms with Crippen LogP contribution in [0.4, 0.5) is 11.5 Å². The second-order valence-electron chi connectivity index (χ2n) is 8.21. The van der Waals surface area contributed by atoms with Crippen LogP contribution in [-0.2, 0) is 9.84 Å². The molecule has 1 aliphatic rings. The van der Waals surface area contributed by atoms with Crippen LogP contribution in [0.15, 0.2) is 54.7 Å². The van der Waals surface area contributed by atoms with Crippen molar-refractivity contribution in [2.45, 2.75) is 25.5 Å². The molecule has 0 spiro atoms. The van der Waals surface area contributed by atoms with E-state index in [1.165, 1.54) is 6.26 Å². The lowest BCUT2D eigenvalue weighted by Gasteiger charge is -2.17. The van der Waals surface area contributed by atoms with E-state index in [-0.39, 0.29) is 12.5 Å². The first-order valence-corrected chi connectivity index (χ1v) is 12.6. The molecule has 3 heterocycles. The van der Waals surface area contributed by atoms with Crippen LogP contribution in [0, 0.1) is 13.8 Å². The van der Waals surface area contributed by atoms with Gasteiger partial charge in [0.15, 0.2) is 9.84 Å². The minimum atomic E-state index is -3.16. The number of sulfone groups is 1. The summed E-state index contributed by atoms with van der Waals surface area (Å²) in [6, 6.07) is 14.4. The molecule has 8 nitrogen and oxygen atoms in total. The fourth-order valence-electron chi connectivity index (χ4n) is 3.77. The van der Waals surface area contributed by atoms with Gasteiger partial charge in [-0.05, 0) is 56.7 Å². The van der Waals surface area contributed by atoms with E-state index in [0.29, 0.717) is 41.5 Å². The van der Waals surface area contributed by atoms with Crippen molar-refractivity contribution in [3.63, 3.8) is 0 Å². The number of anilines is 2. The Hall–Kier alpha value is -3.46. The molecule has 9 heteroatoms. The molecule has 172 valence electrons. The zero-order chi connectivity index (χ0) is 23.6. The number of ether oxygens (including phenoxy) is 1. The van der Waals surface area contributed by atoms with Gasteiger partial charge in [-0.1, -0.05) is 6.07 Å². The third-order valence-corrected chi connectivity index (χ3v) is 7.15. The van der Waals surface area contributed by atoms with Crippen LogP contribution < -0.4 is 10.1 Å². The van der Waals surface area contributed by atoms with Gasteiger partial charge >= 0.3 is 0 Å². The topological polar surface area (TPSA) is 101 Å². The van der Waals surface area contributed by atoms with Gasteiger partial charge in [-0.2, -0.15) is 0 Å². The zero-order valence-electron chi connectivity index (χ0n) is 18.8. The number of hydrogen-bond donors (Lipinski definition) is 1. The number of aryl methyl sites for hydroxylation is 2. The summed E-state index contributed by atoms with van der Waals surface area (Å²) in [4.78, 5) is 23.2. The Kier molecular flexibility index (Phi) is 6.33. The maximum absolute atomic E-state index is 12.9. The fourth-order valence-corrected chi connectivity index (χ4v) is 4.76. The SMILES string of the molecule is Cc1ccc(Oc2ccnc(Nc3cccc(C(=O)N4CCC(S(C)(=O)=O)C4)c3)c2)c(C)n1. The highest BCUT2D eigenvalue weighted by atomic mass is 32.2. The molecule has 0 bridgehead atoms. The van der Waals surface area contributed by atoms with Crippen molar-refractivity contribution in [1.82, 2.24) is 14.9 Å². The Morgan fingerprint density at radius 2 is 1.97 bits per heavy atom. The normalized spacial score (nSPS) is 16.0. The predicted molar refractivity (Wildman–Crippen MR) is 127 cm³/mol. The van der Waals surface area contributed by atoms with Gasteiger partial charge in [-0.25, -0.2) is 13.4 Å². The molecule has 33 heavy (non-hydrogen) atoms. The standard InChI is InChI=1S/C24H26N4O4S/c1-16-7-8-22(17(2)26-16)32-20-9-11-25-23(14-20)27-19-6-4-5-18(13-19)24(29)28-12-10-21(15-28)33(3,30)31/h4-9,11,13-14,21H,10,12,15H2,1-3H3,(H,25,27). The molecule has 0 radical (unpaired) electrons. The maximum atomic E-state index is 12.9. The average molecular weight is 467 g/mol. The minimum Gasteiger partial charge on any atom is -0.455 e. The molecule has 1 aliphatic heterocycles. The lowest BCUT2D eigenvalue weighted by molar-refractivity contribution is 0.0793. The number of pyridine rings is 2. The Morgan fingerprint density at radius 1 is 1.15 bits per heavy atom. The van der Waals surface area contributed by atoms with E-state index < -0.39 is 15.1 Å². The van der Waals surface area contributed by atoms with Crippen LogP contribution in [0.2, 0.25) is 0 Å². The van der Waals surface area contributed by atoms with Crippen LogP contribution in [0.25, 0.3) is 0 Å². The highest BCUT2D eigenvalue weighted by Gasteiger charge is 2.32. The Morgan fingerprint density at radius 3 is 2.70 bits per heavy atom. The summed E-state index contributed by atoms with van der Waals surface area (Å²) < 4.78 is 29.6. The van der Waals surface area contributed by atoms with Gasteiger partial charge in [0.25, 0.3) is 5.91 Å². The maximum Gasteiger partial charge on any atom is 0.253 e. The van der Waals surface area contributed by atoms with Gasteiger partial charge in [-0.3, -0.25) is 9.78 Å². The molecule has 1 amide bonds. The molecule has 3 aromatic rings. The molecule has 1 fully saturated rings. The second-order valence-corrected chi connectivity index (χ2v) is 10.5. The highest BCUT2D eigenvalue weighted by molar-refractivity contribution is 7.91. The number of nitrogens with zero attached hydrogens (tertiary/aromatic N) is 3. The third kappa shape index (κ3) is 5.48. The summed E-state index contributed by atoms with van der Waals surface area (Å²) in [5, 5.41) is 2.70. The van der Waals surface area contributed by atoms with Gasteiger partial charge in [0.2, 0.25) is 0 Å². The molecular formula is C24H26N4O4S. The molecule has 1 aromatic carbocycles. The van der Waals surface area contributed by atoms with Crippen LogP contribution in [0.5, 0.6) is 11.5 Å². The molecule has 1 atom stereocenters. The number of likely N-dealkylation sites (tertiary alicyclic amines) is 1. The van der Waals surface area contributed by atoms with Crippen molar-refractivity contribution in [2.75, 3.05) is 24.7 Å². The Bertz CT molecular complexity index is 1290. The summed E-state index contributed by atoms with van der Waals surface area (Å²) in [6.45, 7) is 4.48. The van der Waals surface area contributed by atoms with E-state index in [4.69, 9.17) is 4.74 Å². The van der Waals surface area contributed by atoms with Crippen molar-refractivity contribution >= 4 is 27.2 Å². The largest absolute Gasteiger partial charge is 0.455 e. The van der Waals surface area contributed by atoms with E-state index in [1.807, 2.05) is 32.0 Å². The van der Waals surface area contributed by atoms with Crippen LogP contribution in [0.3, 0.4) is 0 Å². The molecule has 0 saturated carbocycles. The van der Waals surface area contributed by atoms with Crippen LogP contribution in [0.1, 0.15) is 28.2 Å². The van der Waals surface area contributed by atoms with Crippen molar-refractivity contribution < 1.29 is 17.9 Å². The fraction of sp³-hybridized carbons (Fsp3) is 0.292. The molecule has 4 rings (SSSR count). The van der Waals surface area contributed by atoms with E-state index >= 15 is 0 Å². The summed E-state index contributed by atoms with van der Waals surface area (Å²) in [5.41, 5.74) is 2.90. The lowest BCUT2D eigenvalue weighted by atomic mass is 10.1. The predicted octanol–water partition coefficient (Wildman–Crippen LogP) is 3.89. The number of aromatic nitrogens is 2. The molecule has 1 saturated heterocycles. The molecular weight excluding hydrogens is 440 g/mol. The molecule has 2 aromatic heterocycles. The monoisotopic (exact) mass is 466 g/mol. The van der Waals surface area contributed by atoms with Crippen molar-refractivity contribution in [3.05, 3.63) is 71.7 Å². The van der Waals surface area contributed by atoms with Gasteiger partial charge < -0.3 is 15.0 Å². The number of hydrogen-bond acceptors (Lipinski definition) is 7. The van der Waals surface area contributed by atoms with Crippen LogP contribution in [-0.4, -0.2) is 53.8 Å². The molecule has 1 unspecified atom stereocenters. The average Bonchev–Trinajstić information content (AvgIpc) is 3.27. The summed E-state index contributed by atoms with van der Waals surface area (Å²) in [6.07, 6.45) is 3.33. The summed E-state index contributed by atoms with van der Waals surface area (Å²) in [5.74, 6) is 1.66. The first-order valence-electron chi connectivity index (χ1n) is 10.6. The van der Waals surface area contributed by atoms with Crippen molar-refractivity contribution in [1.29, 1.82) is 0 Å². The smallest absolute Gasteiger partial charge is 0.253 e. The van der Waals surface area contributed by atoms with Crippen molar-refractivity contribution in [3.8, 4) is 11.5 Å². The van der Waals surface area contributed by atoms with E-state index in [0.717, 1.165) is 11.4 Å². The van der Waals surface area contributed by atoms with E-state index in [2.05, 4.69) is 15.3 Å². The van der Waals surface area contributed by atoms with Crippen molar-refractivity contribution in [2.24, 2.45) is 0 Å². The first kappa shape index (κ1) is 22.7. The number of carbonyl (C=O) groups excluding carboxylic acids is 1. The number of amides is 1. The Balaban J connectivity index is 1.46. The third-order valence-electron chi connectivity index (χ3n) is 5.56. The first-order chi connectivity index (χ1) is 15.7. The summed E-state index contributed by atoms with van der Waals surface area (Å²) in [7, 11) is -3.16. The van der Waals surface area contributed by atoms with Gasteiger partial charge in [-0.15, -0.1) is 0 Å². The zero-order valence-corrected chi connectivity index (χ0v) is 19.6. The number of nitrogens with one attached hydrogen (secondary N) is 1. The van der Waals surface area contributed by atoms with Crippen LogP contribution >= 0.6 is 0 Å². The molecule has 0 aliphatic carbocycles. The second kappa shape index (κ2) is 9.19. The van der Waals surface area contributed by atoms with Gasteiger partial charge in [0.1, 0.15) is 17.3 Å².